The lowest BCUT2D eigenvalue weighted by Crippen LogP contribution is -2.40. The fourth-order valence-electron chi connectivity index (χ4n) is 2.04. The summed E-state index contributed by atoms with van der Waals surface area (Å²) in [7, 11) is 5.26. The molecule has 0 aromatic heterocycles. The van der Waals surface area contributed by atoms with Gasteiger partial charge >= 0.3 is 6.18 Å². The minimum absolute atomic E-state index is 0.0488. The largest absolute Gasteiger partial charge is 0.412 e. The van der Waals surface area contributed by atoms with Gasteiger partial charge in [-0.2, -0.15) is 13.2 Å². The van der Waals surface area contributed by atoms with E-state index >= 15 is 0 Å². The first-order valence-corrected chi connectivity index (χ1v) is 5.21. The van der Waals surface area contributed by atoms with Gasteiger partial charge in [-0.3, -0.25) is 0 Å². The van der Waals surface area contributed by atoms with Crippen LogP contribution >= 0.6 is 0 Å². The summed E-state index contributed by atoms with van der Waals surface area (Å²) in [4.78, 5) is 5.76. The molecule has 5 heteroatoms. The minimum atomic E-state index is -4.19. The maximum atomic E-state index is 12.6. The lowest BCUT2D eigenvalue weighted by Gasteiger charge is -2.34. The second kappa shape index (κ2) is 4.99. The van der Waals surface area contributed by atoms with E-state index in [4.69, 9.17) is 0 Å². The summed E-state index contributed by atoms with van der Waals surface area (Å²) in [5.41, 5.74) is -0.410. The molecule has 0 aromatic carbocycles. The van der Waals surface area contributed by atoms with Gasteiger partial charge in [0.1, 0.15) is 0 Å². The third kappa shape index (κ3) is 3.07. The summed E-state index contributed by atoms with van der Waals surface area (Å²) in [5.74, 6) is 0.0751. The van der Waals surface area contributed by atoms with Crippen LogP contribution in [-0.2, 0) is 0 Å². The van der Waals surface area contributed by atoms with Crippen molar-refractivity contribution in [3.8, 4) is 0 Å². The fraction of sp³-hybridized carbons (Fsp3) is 0.727. The van der Waals surface area contributed by atoms with Crippen molar-refractivity contribution in [2.45, 2.75) is 25.1 Å². The van der Waals surface area contributed by atoms with E-state index in [-0.39, 0.29) is 18.4 Å². The third-order valence-electron chi connectivity index (χ3n) is 2.93. The Kier molecular flexibility index (Phi) is 4.13. The van der Waals surface area contributed by atoms with E-state index in [0.29, 0.717) is 6.42 Å². The average molecular weight is 234 g/mol. The van der Waals surface area contributed by atoms with Crippen LogP contribution in [-0.4, -0.2) is 44.5 Å². The van der Waals surface area contributed by atoms with Crippen molar-refractivity contribution in [3.05, 3.63) is 11.6 Å². The molecule has 1 aliphatic carbocycles. The molecule has 1 aliphatic rings. The SMILES string of the molecule is CN=CC1CC=C(C(F)(F)F)C[C@@H]1N(C)C. The predicted molar refractivity (Wildman–Crippen MR) is 58.8 cm³/mol. The third-order valence-corrected chi connectivity index (χ3v) is 2.93. The zero-order chi connectivity index (χ0) is 12.3. The van der Waals surface area contributed by atoms with Crippen molar-refractivity contribution in [1.29, 1.82) is 0 Å². The van der Waals surface area contributed by atoms with Crippen LogP contribution in [0.5, 0.6) is 0 Å². The zero-order valence-corrected chi connectivity index (χ0v) is 9.75. The van der Waals surface area contributed by atoms with E-state index in [2.05, 4.69) is 4.99 Å². The van der Waals surface area contributed by atoms with Crippen LogP contribution in [0, 0.1) is 5.92 Å². The fourth-order valence-corrected chi connectivity index (χ4v) is 2.04. The number of halogens is 3. The Morgan fingerprint density at radius 1 is 1.44 bits per heavy atom. The number of alkyl halides is 3. The van der Waals surface area contributed by atoms with Gasteiger partial charge in [-0.25, -0.2) is 0 Å². The number of hydrogen-bond acceptors (Lipinski definition) is 2. The second-order valence-electron chi connectivity index (χ2n) is 4.27. The van der Waals surface area contributed by atoms with E-state index in [0.717, 1.165) is 0 Å². The molecule has 1 rings (SSSR count). The summed E-state index contributed by atoms with van der Waals surface area (Å²) >= 11 is 0. The molecule has 0 saturated carbocycles. The first kappa shape index (κ1) is 13.2. The highest BCUT2D eigenvalue weighted by molar-refractivity contribution is 5.62. The summed E-state index contributed by atoms with van der Waals surface area (Å²) in [6.07, 6.45) is -0.689. The molecule has 0 N–H and O–H groups in total. The molecule has 0 amide bonds. The summed E-state index contributed by atoms with van der Waals surface area (Å²) in [6.45, 7) is 0. The molecule has 92 valence electrons. The lowest BCUT2D eigenvalue weighted by atomic mass is 9.84. The second-order valence-corrected chi connectivity index (χ2v) is 4.27. The van der Waals surface area contributed by atoms with Crippen LogP contribution in [0.1, 0.15) is 12.8 Å². The Morgan fingerprint density at radius 3 is 2.50 bits per heavy atom. The van der Waals surface area contributed by atoms with Gasteiger partial charge in [-0.15, -0.1) is 0 Å². The molecular weight excluding hydrogens is 217 g/mol. The highest BCUT2D eigenvalue weighted by atomic mass is 19.4. The summed E-state index contributed by atoms with van der Waals surface area (Å²) < 4.78 is 37.7. The van der Waals surface area contributed by atoms with Gasteiger partial charge in [-0.05, 0) is 26.9 Å². The van der Waals surface area contributed by atoms with Crippen LogP contribution < -0.4 is 0 Å². The van der Waals surface area contributed by atoms with Crippen molar-refractivity contribution in [2.75, 3.05) is 21.1 Å². The van der Waals surface area contributed by atoms with Gasteiger partial charge < -0.3 is 9.89 Å². The van der Waals surface area contributed by atoms with E-state index in [1.54, 1.807) is 27.4 Å². The standard InChI is InChI=1S/C11H17F3N2/c1-15-7-8-4-5-9(11(12,13)14)6-10(8)16(2)3/h5,7-8,10H,4,6H2,1-3H3/t8?,10-/m0/s1. The normalized spacial score (nSPS) is 27.6. The Bertz CT molecular complexity index is 292. The number of allylic oxidation sites excluding steroid dienone is 1. The van der Waals surface area contributed by atoms with E-state index in [1.165, 1.54) is 6.08 Å². The van der Waals surface area contributed by atoms with E-state index in [1.807, 2.05) is 4.90 Å². The number of aliphatic imine (C=N–C) groups is 1. The first-order chi connectivity index (χ1) is 7.36. The summed E-state index contributed by atoms with van der Waals surface area (Å²) in [5, 5.41) is 0. The smallest absolute Gasteiger partial charge is 0.305 e. The molecule has 0 fully saturated rings. The topological polar surface area (TPSA) is 15.6 Å². The highest BCUT2D eigenvalue weighted by Gasteiger charge is 2.39. The molecule has 0 spiro atoms. The predicted octanol–water partition coefficient (Wildman–Crippen LogP) is 2.52. The quantitative estimate of drug-likeness (QED) is 0.529. The van der Waals surface area contributed by atoms with Crippen molar-refractivity contribution >= 4 is 6.21 Å². The first-order valence-electron chi connectivity index (χ1n) is 5.21. The average Bonchev–Trinajstić information content (AvgIpc) is 2.16. The Morgan fingerprint density at radius 2 is 2.06 bits per heavy atom. The number of rotatable bonds is 2. The molecule has 0 aromatic rings. The van der Waals surface area contributed by atoms with Gasteiger partial charge in [0, 0.05) is 30.8 Å². The molecule has 0 aliphatic heterocycles. The van der Waals surface area contributed by atoms with Crippen molar-refractivity contribution in [3.63, 3.8) is 0 Å². The minimum Gasteiger partial charge on any atom is -0.305 e. The lowest BCUT2D eigenvalue weighted by molar-refractivity contribution is -0.0973. The van der Waals surface area contributed by atoms with Crippen LogP contribution in [0.3, 0.4) is 0 Å². The molecular formula is C11H17F3N2. The Balaban J connectivity index is 2.86. The highest BCUT2D eigenvalue weighted by Crippen LogP contribution is 2.36. The molecule has 1 unspecified atom stereocenters. The summed E-state index contributed by atoms with van der Waals surface area (Å²) in [6, 6.07) is -0.120. The number of hydrogen-bond donors (Lipinski definition) is 0. The van der Waals surface area contributed by atoms with Crippen LogP contribution in [0.4, 0.5) is 13.2 Å². The van der Waals surface area contributed by atoms with Crippen LogP contribution in [0.25, 0.3) is 0 Å². The van der Waals surface area contributed by atoms with Crippen molar-refractivity contribution < 1.29 is 13.2 Å². The van der Waals surface area contributed by atoms with Crippen molar-refractivity contribution in [1.82, 2.24) is 4.90 Å². The van der Waals surface area contributed by atoms with E-state index in [9.17, 15) is 13.2 Å². The van der Waals surface area contributed by atoms with Gasteiger partial charge in [0.25, 0.3) is 0 Å². The Hall–Kier alpha value is -0.840. The van der Waals surface area contributed by atoms with Crippen LogP contribution in [0.2, 0.25) is 0 Å². The molecule has 0 bridgehead atoms. The van der Waals surface area contributed by atoms with Gasteiger partial charge in [0.15, 0.2) is 0 Å². The maximum Gasteiger partial charge on any atom is 0.412 e. The van der Waals surface area contributed by atoms with Gasteiger partial charge in [-0.1, -0.05) is 6.08 Å². The van der Waals surface area contributed by atoms with Gasteiger partial charge in [0.2, 0.25) is 0 Å². The maximum absolute atomic E-state index is 12.6. The van der Waals surface area contributed by atoms with Crippen molar-refractivity contribution in [2.24, 2.45) is 10.9 Å². The van der Waals surface area contributed by atoms with Gasteiger partial charge in [0.05, 0.1) is 0 Å². The molecule has 2 atom stereocenters. The molecule has 16 heavy (non-hydrogen) atoms. The monoisotopic (exact) mass is 234 g/mol. The number of nitrogens with zero attached hydrogens (tertiary/aromatic N) is 2. The molecule has 0 radical (unpaired) electrons. The van der Waals surface area contributed by atoms with Crippen LogP contribution in [0.15, 0.2) is 16.6 Å². The molecule has 0 heterocycles. The molecule has 2 nitrogen and oxygen atoms in total. The Labute approximate surface area is 93.8 Å². The van der Waals surface area contributed by atoms with E-state index < -0.39 is 11.7 Å². The molecule has 0 saturated heterocycles. The zero-order valence-electron chi connectivity index (χ0n) is 9.75.